The lowest BCUT2D eigenvalue weighted by Crippen LogP contribution is -2.51. The predicted octanol–water partition coefficient (Wildman–Crippen LogP) is 3.73. The van der Waals surface area contributed by atoms with Gasteiger partial charge in [0.05, 0.1) is 11.1 Å². The summed E-state index contributed by atoms with van der Waals surface area (Å²) in [5, 5.41) is 15.5. The number of rotatable bonds is 2. The fourth-order valence-electron chi connectivity index (χ4n) is 3.70. The maximum Gasteiger partial charge on any atom is 0.252 e. The Hall–Kier alpha value is -3.30. The number of nitriles is 1. The summed E-state index contributed by atoms with van der Waals surface area (Å²) < 4.78 is 5.74. The molecule has 2 heterocycles. The van der Waals surface area contributed by atoms with Crippen LogP contribution in [-0.2, 0) is 17.6 Å². The monoisotopic (exact) mass is 449 g/mol. The molecule has 6 nitrogen and oxygen atoms in total. The van der Waals surface area contributed by atoms with Gasteiger partial charge < -0.3 is 15.4 Å². The Morgan fingerprint density at radius 1 is 1.22 bits per heavy atom. The van der Waals surface area contributed by atoms with Crippen molar-refractivity contribution in [3.05, 3.63) is 76.3 Å². The molecule has 2 aromatic carbocycles. The molecule has 32 heavy (non-hydrogen) atoms. The van der Waals surface area contributed by atoms with E-state index in [9.17, 15) is 14.9 Å². The fourth-order valence-corrected chi connectivity index (χ4v) is 3.96. The summed E-state index contributed by atoms with van der Waals surface area (Å²) in [7, 11) is 0. The molecule has 164 valence electrons. The Morgan fingerprint density at radius 3 is 2.78 bits per heavy atom. The van der Waals surface area contributed by atoms with Crippen LogP contribution in [0.25, 0.3) is 0 Å². The Bertz CT molecular complexity index is 1100. The van der Waals surface area contributed by atoms with Crippen molar-refractivity contribution in [2.75, 3.05) is 6.61 Å². The molecule has 0 radical (unpaired) electrons. The van der Waals surface area contributed by atoms with Gasteiger partial charge in [-0.3, -0.25) is 9.59 Å². The smallest absolute Gasteiger partial charge is 0.252 e. The highest BCUT2D eigenvalue weighted by Gasteiger charge is 2.45. The number of ether oxygens (including phenoxy) is 1. The Labute approximate surface area is 192 Å². The van der Waals surface area contributed by atoms with Crippen LogP contribution in [0.3, 0.4) is 0 Å². The summed E-state index contributed by atoms with van der Waals surface area (Å²) in [5.41, 5.74) is 1.40. The number of nitrogens with zero attached hydrogens (tertiary/aromatic N) is 1. The van der Waals surface area contributed by atoms with Crippen molar-refractivity contribution in [2.24, 2.45) is 0 Å². The average molecular weight is 450 g/mol. The third-order valence-electron chi connectivity index (χ3n) is 5.73. The van der Waals surface area contributed by atoms with E-state index >= 15 is 0 Å². The first-order valence-corrected chi connectivity index (χ1v) is 11.1. The Morgan fingerprint density at radius 2 is 2.03 bits per heavy atom. The number of fused-ring (bicyclic) bond motifs is 9. The average Bonchev–Trinajstić information content (AvgIpc) is 3.56. The van der Waals surface area contributed by atoms with Crippen LogP contribution >= 0.6 is 11.6 Å². The molecule has 2 aromatic rings. The molecule has 0 spiro atoms. The van der Waals surface area contributed by atoms with Gasteiger partial charge in [-0.15, -0.1) is 0 Å². The second-order valence-corrected chi connectivity index (χ2v) is 8.56. The van der Waals surface area contributed by atoms with E-state index in [-0.39, 0.29) is 18.2 Å². The van der Waals surface area contributed by atoms with Gasteiger partial charge in [0, 0.05) is 12.0 Å². The summed E-state index contributed by atoms with van der Waals surface area (Å²) in [5.74, 6) is -0.135. The standard InChI is InChI=1S/C25H24ClN3O3/c26-20-14-17-9-10-22(20)32-13-5-1-2-6-18-7-3-4-8-19(18)23(30)28-21(15-17)24(31)29-25(16-27)11-12-25/h1,3-5,7-10,14,21H,2,6,11-13,15H2,(H,28,30)(H,29,31)/t21-/m0/s1. The molecular weight excluding hydrogens is 426 g/mol. The van der Waals surface area contributed by atoms with Crippen molar-refractivity contribution in [3.63, 3.8) is 0 Å². The molecule has 1 fully saturated rings. The van der Waals surface area contributed by atoms with Crippen LogP contribution in [0.2, 0.25) is 5.02 Å². The number of carbonyl (C=O) groups excluding carboxylic acids is 2. The second kappa shape index (κ2) is 9.46. The largest absolute Gasteiger partial charge is 0.488 e. The first-order chi connectivity index (χ1) is 15.5. The molecule has 3 aliphatic rings. The third kappa shape index (κ3) is 5.12. The van der Waals surface area contributed by atoms with Crippen LogP contribution < -0.4 is 15.4 Å². The minimum Gasteiger partial charge on any atom is -0.488 e. The highest BCUT2D eigenvalue weighted by atomic mass is 35.5. The zero-order chi connectivity index (χ0) is 22.6. The van der Waals surface area contributed by atoms with Crippen molar-refractivity contribution >= 4 is 23.4 Å². The molecule has 1 aliphatic carbocycles. The SMILES string of the molecule is N#CC1(NC(=O)[C@@H]2Cc3ccc(c(Cl)c3)OCC=CCCc3ccccc3C(=O)N2)CC1. The maximum atomic E-state index is 13.2. The predicted molar refractivity (Wildman–Crippen MR) is 122 cm³/mol. The van der Waals surface area contributed by atoms with Crippen molar-refractivity contribution < 1.29 is 14.3 Å². The topological polar surface area (TPSA) is 91.2 Å². The van der Waals surface area contributed by atoms with Crippen LogP contribution in [0, 0.1) is 11.3 Å². The summed E-state index contributed by atoms with van der Waals surface area (Å²) in [6, 6.07) is 14.0. The third-order valence-corrected chi connectivity index (χ3v) is 6.02. The molecule has 2 N–H and O–H groups in total. The summed E-state index contributed by atoms with van der Waals surface area (Å²) in [4.78, 5) is 26.2. The van der Waals surface area contributed by atoms with Crippen molar-refractivity contribution in [1.82, 2.24) is 10.6 Å². The normalized spacial score (nSPS) is 19.8. The summed E-state index contributed by atoms with van der Waals surface area (Å²) in [6.07, 6.45) is 6.84. The van der Waals surface area contributed by atoms with E-state index in [1.807, 2.05) is 36.4 Å². The van der Waals surface area contributed by atoms with Gasteiger partial charge >= 0.3 is 0 Å². The van der Waals surface area contributed by atoms with Gasteiger partial charge in [-0.05, 0) is 55.0 Å². The van der Waals surface area contributed by atoms with Gasteiger partial charge in [-0.1, -0.05) is 48.0 Å². The van der Waals surface area contributed by atoms with E-state index in [0.717, 1.165) is 17.5 Å². The molecule has 2 bridgehead atoms. The van der Waals surface area contributed by atoms with E-state index in [2.05, 4.69) is 16.7 Å². The van der Waals surface area contributed by atoms with E-state index in [1.54, 1.807) is 18.2 Å². The highest BCUT2D eigenvalue weighted by molar-refractivity contribution is 6.32. The van der Waals surface area contributed by atoms with Crippen LogP contribution in [0.4, 0.5) is 0 Å². The zero-order valence-electron chi connectivity index (χ0n) is 17.6. The van der Waals surface area contributed by atoms with Crippen molar-refractivity contribution in [3.8, 4) is 11.8 Å². The molecule has 0 unspecified atom stereocenters. The highest BCUT2D eigenvalue weighted by Crippen LogP contribution is 2.34. The summed E-state index contributed by atoms with van der Waals surface area (Å²) in [6.45, 7) is 0.391. The molecule has 1 saturated carbocycles. The van der Waals surface area contributed by atoms with Crippen LogP contribution in [0.1, 0.15) is 40.7 Å². The quantitative estimate of drug-likeness (QED) is 0.683. The van der Waals surface area contributed by atoms with Gasteiger partial charge in [0.25, 0.3) is 5.91 Å². The van der Waals surface area contributed by atoms with Gasteiger partial charge in [0.2, 0.25) is 5.91 Å². The first kappa shape index (κ1) is 21.9. The lowest BCUT2D eigenvalue weighted by molar-refractivity contribution is -0.123. The van der Waals surface area contributed by atoms with Crippen LogP contribution in [0.5, 0.6) is 5.75 Å². The van der Waals surface area contributed by atoms with Crippen LogP contribution in [-0.4, -0.2) is 30.0 Å². The maximum absolute atomic E-state index is 13.2. The van der Waals surface area contributed by atoms with E-state index in [4.69, 9.17) is 16.3 Å². The van der Waals surface area contributed by atoms with Gasteiger partial charge in [0.15, 0.2) is 0 Å². The lowest BCUT2D eigenvalue weighted by atomic mass is 10.00. The minimum atomic E-state index is -0.850. The molecule has 0 aromatic heterocycles. The van der Waals surface area contributed by atoms with Gasteiger partial charge in [-0.2, -0.15) is 5.26 Å². The molecule has 0 saturated heterocycles. The van der Waals surface area contributed by atoms with Crippen LogP contribution in [0.15, 0.2) is 54.6 Å². The molecule has 5 rings (SSSR count). The Balaban J connectivity index is 1.65. The first-order valence-electron chi connectivity index (χ1n) is 10.7. The number of aryl methyl sites for hydroxylation is 1. The van der Waals surface area contributed by atoms with E-state index < -0.39 is 11.6 Å². The number of hydrogen-bond donors (Lipinski definition) is 2. The molecular formula is C25H24ClN3O3. The number of halogens is 1. The zero-order valence-corrected chi connectivity index (χ0v) is 18.3. The Kier molecular flexibility index (Phi) is 6.48. The number of carbonyl (C=O) groups is 2. The number of hydrogen-bond acceptors (Lipinski definition) is 4. The lowest BCUT2D eigenvalue weighted by Gasteiger charge is -2.21. The van der Waals surface area contributed by atoms with Gasteiger partial charge in [0.1, 0.15) is 23.9 Å². The molecule has 7 heteroatoms. The van der Waals surface area contributed by atoms with E-state index in [0.29, 0.717) is 42.2 Å². The number of nitrogens with one attached hydrogen (secondary N) is 2. The number of benzene rings is 2. The van der Waals surface area contributed by atoms with Gasteiger partial charge in [-0.25, -0.2) is 0 Å². The molecule has 1 atom stereocenters. The number of amides is 2. The van der Waals surface area contributed by atoms with Crippen molar-refractivity contribution in [2.45, 2.75) is 43.7 Å². The fraction of sp³-hybridized carbons (Fsp3) is 0.320. The molecule has 2 aliphatic heterocycles. The molecule has 2 amide bonds. The van der Waals surface area contributed by atoms with E-state index in [1.165, 1.54) is 0 Å². The second-order valence-electron chi connectivity index (χ2n) is 8.16. The summed E-state index contributed by atoms with van der Waals surface area (Å²) >= 11 is 6.38. The van der Waals surface area contributed by atoms with Crippen molar-refractivity contribution in [1.29, 1.82) is 5.26 Å². The minimum absolute atomic E-state index is 0.237. The number of allylic oxidation sites excluding steroid dienone is 1.